The van der Waals surface area contributed by atoms with Gasteiger partial charge in [0.2, 0.25) is 5.91 Å². The van der Waals surface area contributed by atoms with E-state index < -0.39 is 80.6 Å². The van der Waals surface area contributed by atoms with Crippen molar-refractivity contribution >= 4 is 75.5 Å². The molecule has 250 valence electrons. The van der Waals surface area contributed by atoms with Crippen molar-refractivity contribution in [3.63, 3.8) is 0 Å². The number of halogens is 9. The summed E-state index contributed by atoms with van der Waals surface area (Å²) in [5.41, 5.74) is -2.89. The molecule has 0 saturated heterocycles. The van der Waals surface area contributed by atoms with Crippen LogP contribution in [0, 0.1) is 23.4 Å². The maximum absolute atomic E-state index is 15.3. The summed E-state index contributed by atoms with van der Waals surface area (Å²) >= 11 is 19.8. The van der Waals surface area contributed by atoms with Gasteiger partial charge in [0.05, 0.1) is 33.5 Å². The molecule has 1 heterocycles. The number of amides is 2. The number of rotatable bonds is 10. The van der Waals surface area contributed by atoms with Gasteiger partial charge in [0.1, 0.15) is 21.8 Å². The number of ketones is 1. The summed E-state index contributed by atoms with van der Waals surface area (Å²) < 4.78 is 81.5. The standard InChI is InChI=1S/C32H20Cl3F6N3O3S/c33-22-3-2-16(43-30(47)27-26(31(27,34)35)15-1-4-24(37)21(11-15)32(39,40)41)12-19(22)29(46)44-25-6-5-23(36)20(28(25)38)13-17(45)14-48-18-7-9-42-10-8-18/h1-12,26-27H,13-14H2,(H,43,47)(H,44,46)/t26-,27+/m0/s1. The highest BCUT2D eigenvalue weighted by molar-refractivity contribution is 8.00. The summed E-state index contributed by atoms with van der Waals surface area (Å²) in [6.45, 7) is 0. The minimum Gasteiger partial charge on any atom is -0.326 e. The molecule has 6 nitrogen and oxygen atoms in total. The highest BCUT2D eigenvalue weighted by Gasteiger charge is 2.67. The molecule has 5 rings (SSSR count). The zero-order chi connectivity index (χ0) is 35.0. The summed E-state index contributed by atoms with van der Waals surface area (Å²) in [4.78, 5) is 43.3. The van der Waals surface area contributed by atoms with Crippen molar-refractivity contribution in [2.45, 2.75) is 27.7 Å². The number of carbonyl (C=O) groups excluding carboxylic acids is 3. The monoisotopic (exact) mass is 745 g/mol. The molecule has 1 aliphatic rings. The predicted molar refractivity (Wildman–Crippen MR) is 170 cm³/mol. The second-order valence-corrected chi connectivity index (χ2v) is 13.5. The maximum Gasteiger partial charge on any atom is 0.419 e. The first-order valence-corrected chi connectivity index (χ1v) is 15.9. The number of nitrogens with one attached hydrogen (secondary N) is 2. The molecule has 2 N–H and O–H groups in total. The molecule has 1 fully saturated rings. The van der Waals surface area contributed by atoms with Gasteiger partial charge in [0, 0.05) is 40.9 Å². The van der Waals surface area contributed by atoms with Crippen molar-refractivity contribution in [3.8, 4) is 0 Å². The lowest BCUT2D eigenvalue weighted by Gasteiger charge is -2.13. The fourth-order valence-electron chi connectivity index (χ4n) is 4.91. The van der Waals surface area contributed by atoms with E-state index >= 15 is 4.39 Å². The molecule has 1 aliphatic carbocycles. The first-order valence-electron chi connectivity index (χ1n) is 13.8. The third kappa shape index (κ3) is 7.75. The van der Waals surface area contributed by atoms with E-state index in [0.29, 0.717) is 12.1 Å². The third-order valence-electron chi connectivity index (χ3n) is 7.33. The lowest BCUT2D eigenvalue weighted by molar-refractivity contribution is -0.140. The van der Waals surface area contributed by atoms with Crippen LogP contribution in [0.15, 0.2) is 78.0 Å². The molecule has 2 atom stereocenters. The van der Waals surface area contributed by atoms with Crippen LogP contribution >= 0.6 is 46.6 Å². The van der Waals surface area contributed by atoms with Crippen LogP contribution in [-0.4, -0.2) is 32.7 Å². The van der Waals surface area contributed by atoms with Crippen LogP contribution in [0.5, 0.6) is 0 Å². The molecular weight excluding hydrogens is 727 g/mol. The van der Waals surface area contributed by atoms with Gasteiger partial charge in [-0.3, -0.25) is 19.4 Å². The number of aromatic nitrogens is 1. The van der Waals surface area contributed by atoms with Crippen molar-refractivity contribution in [1.29, 1.82) is 0 Å². The molecule has 48 heavy (non-hydrogen) atoms. The van der Waals surface area contributed by atoms with E-state index in [-0.39, 0.29) is 27.6 Å². The van der Waals surface area contributed by atoms with E-state index in [1.165, 1.54) is 36.3 Å². The largest absolute Gasteiger partial charge is 0.419 e. The Morgan fingerprint density at radius 1 is 0.896 bits per heavy atom. The number of nitrogens with zero attached hydrogens (tertiary/aromatic N) is 1. The molecule has 16 heteroatoms. The topological polar surface area (TPSA) is 88.2 Å². The third-order valence-corrected chi connectivity index (χ3v) is 9.67. The molecule has 2 amide bonds. The second kappa shape index (κ2) is 14.0. The van der Waals surface area contributed by atoms with E-state index in [9.17, 15) is 36.3 Å². The van der Waals surface area contributed by atoms with E-state index in [1.54, 1.807) is 12.1 Å². The Morgan fingerprint density at radius 3 is 2.27 bits per heavy atom. The highest BCUT2D eigenvalue weighted by Crippen LogP contribution is 2.65. The number of thioether (sulfide) groups is 1. The summed E-state index contributed by atoms with van der Waals surface area (Å²) in [5.74, 6) is -8.34. The number of anilines is 2. The van der Waals surface area contributed by atoms with Crippen LogP contribution in [0.25, 0.3) is 0 Å². The first kappa shape index (κ1) is 35.5. The predicted octanol–water partition coefficient (Wildman–Crippen LogP) is 8.85. The second-order valence-electron chi connectivity index (χ2n) is 10.6. The Hall–Kier alpha value is -3.78. The van der Waals surface area contributed by atoms with Crippen LogP contribution < -0.4 is 10.6 Å². The molecule has 0 radical (unpaired) electrons. The maximum atomic E-state index is 15.3. The van der Waals surface area contributed by atoms with Gasteiger partial charge in [-0.25, -0.2) is 13.2 Å². The summed E-state index contributed by atoms with van der Waals surface area (Å²) in [7, 11) is 0. The SMILES string of the molecule is O=C(CSc1ccncc1)Cc1c(F)ccc(NC(=O)c2cc(NC(=O)[C@H]3[C@H](c4ccc(F)c(C(F)(F)F)c4)C3(Cl)Cl)ccc2Cl)c1F. The molecule has 4 aromatic rings. The van der Waals surface area contributed by atoms with Gasteiger partial charge in [-0.05, 0) is 60.2 Å². The van der Waals surface area contributed by atoms with Gasteiger partial charge in [0.25, 0.3) is 5.91 Å². The Bertz CT molecular complexity index is 1910. The molecule has 0 aliphatic heterocycles. The van der Waals surface area contributed by atoms with Crippen LogP contribution in [0.1, 0.15) is 33.0 Å². The quantitative estimate of drug-likeness (QED) is 0.0963. The summed E-state index contributed by atoms with van der Waals surface area (Å²) in [6, 6.07) is 11.1. The Kier molecular flexibility index (Phi) is 10.4. The number of benzene rings is 3. The average molecular weight is 747 g/mol. The van der Waals surface area contributed by atoms with Crippen molar-refractivity contribution in [3.05, 3.63) is 118 Å². The zero-order valence-electron chi connectivity index (χ0n) is 24.0. The van der Waals surface area contributed by atoms with Crippen LogP contribution in [-0.2, 0) is 22.2 Å². The Labute approximate surface area is 288 Å². The fourth-order valence-corrected chi connectivity index (χ4v) is 6.69. The Balaban J connectivity index is 1.28. The van der Waals surface area contributed by atoms with Gasteiger partial charge in [-0.1, -0.05) is 17.7 Å². The fraction of sp³-hybridized carbons (Fsp3) is 0.188. The minimum atomic E-state index is -5.00. The molecular formula is C32H20Cl3F6N3O3S. The zero-order valence-corrected chi connectivity index (χ0v) is 27.1. The highest BCUT2D eigenvalue weighted by atomic mass is 35.5. The number of pyridine rings is 1. The number of alkyl halides is 5. The van der Waals surface area contributed by atoms with Gasteiger partial charge in [0.15, 0.2) is 5.82 Å². The van der Waals surface area contributed by atoms with Crippen molar-refractivity contribution in [1.82, 2.24) is 4.98 Å². The number of hydrogen-bond acceptors (Lipinski definition) is 5. The van der Waals surface area contributed by atoms with Crippen molar-refractivity contribution in [2.75, 3.05) is 16.4 Å². The minimum absolute atomic E-state index is 0.00280. The first-order chi connectivity index (χ1) is 22.6. The molecule has 1 aromatic heterocycles. The van der Waals surface area contributed by atoms with Crippen LogP contribution in [0.4, 0.5) is 37.7 Å². The van der Waals surface area contributed by atoms with Crippen molar-refractivity contribution < 1.29 is 40.7 Å². The normalized spacial score (nSPS) is 16.7. The lowest BCUT2D eigenvalue weighted by Crippen LogP contribution is -2.19. The van der Waals surface area contributed by atoms with E-state index in [0.717, 1.165) is 29.2 Å². The average Bonchev–Trinajstić information content (AvgIpc) is 3.62. The van der Waals surface area contributed by atoms with Crippen LogP contribution in [0.3, 0.4) is 0 Å². The van der Waals surface area contributed by atoms with E-state index in [2.05, 4.69) is 15.6 Å². The molecule has 1 saturated carbocycles. The van der Waals surface area contributed by atoms with Crippen LogP contribution in [0.2, 0.25) is 5.02 Å². The molecule has 0 spiro atoms. The molecule has 3 aromatic carbocycles. The van der Waals surface area contributed by atoms with Crippen molar-refractivity contribution in [2.24, 2.45) is 5.92 Å². The number of carbonyl (C=O) groups is 3. The van der Waals surface area contributed by atoms with Gasteiger partial charge < -0.3 is 10.6 Å². The van der Waals surface area contributed by atoms with Gasteiger partial charge in [-0.15, -0.1) is 35.0 Å². The molecule has 0 bridgehead atoms. The summed E-state index contributed by atoms with van der Waals surface area (Å²) in [5, 5.41) is 4.63. The molecule has 0 unspecified atom stereocenters. The number of hydrogen-bond donors (Lipinski definition) is 2. The van der Waals surface area contributed by atoms with E-state index in [1.807, 2.05) is 0 Å². The lowest BCUT2D eigenvalue weighted by atomic mass is 10.0. The smallest absolute Gasteiger partial charge is 0.326 e. The summed E-state index contributed by atoms with van der Waals surface area (Å²) in [6.07, 6.45) is -2.50. The van der Waals surface area contributed by atoms with Gasteiger partial charge in [-0.2, -0.15) is 13.2 Å². The van der Waals surface area contributed by atoms with Gasteiger partial charge >= 0.3 is 6.18 Å². The number of Topliss-reactive ketones (excluding diaryl/α,β-unsaturated/α-hetero) is 1. The van der Waals surface area contributed by atoms with E-state index in [4.69, 9.17) is 34.8 Å². The Morgan fingerprint density at radius 2 is 1.58 bits per heavy atom.